The lowest BCUT2D eigenvalue weighted by atomic mass is 10.2. The van der Waals surface area contributed by atoms with Crippen LogP contribution in [0, 0.1) is 5.82 Å². The summed E-state index contributed by atoms with van der Waals surface area (Å²) in [6.07, 6.45) is 1.04. The van der Waals surface area contributed by atoms with Gasteiger partial charge < -0.3 is 10.1 Å². The van der Waals surface area contributed by atoms with Crippen molar-refractivity contribution in [3.05, 3.63) is 95.8 Å². The Labute approximate surface area is 181 Å². The van der Waals surface area contributed by atoms with E-state index in [1.807, 2.05) is 30.3 Å². The summed E-state index contributed by atoms with van der Waals surface area (Å²) in [5.41, 5.74) is 2.08. The fraction of sp³-hybridized carbons (Fsp3) is 0.174. The monoisotopic (exact) mass is 442 g/mol. The van der Waals surface area contributed by atoms with Crippen LogP contribution in [-0.2, 0) is 28.0 Å². The zero-order chi connectivity index (χ0) is 22.3. The number of rotatable bonds is 9. The predicted molar refractivity (Wildman–Crippen MR) is 118 cm³/mol. The van der Waals surface area contributed by atoms with E-state index in [9.17, 15) is 17.6 Å². The summed E-state index contributed by atoms with van der Waals surface area (Å²) in [7, 11) is -3.69. The van der Waals surface area contributed by atoms with Gasteiger partial charge in [0.25, 0.3) is 0 Å². The third kappa shape index (κ3) is 6.82. The molecule has 0 heterocycles. The Balaban J connectivity index is 1.62. The van der Waals surface area contributed by atoms with Crippen molar-refractivity contribution in [2.24, 2.45) is 0 Å². The molecule has 0 saturated heterocycles. The Bertz CT molecular complexity index is 1100. The Morgan fingerprint density at radius 3 is 2.19 bits per heavy atom. The van der Waals surface area contributed by atoms with Gasteiger partial charge in [-0.05, 0) is 47.5 Å². The number of ether oxygens (including phenoxy) is 1. The van der Waals surface area contributed by atoms with Gasteiger partial charge in [0.2, 0.25) is 15.9 Å². The highest BCUT2D eigenvalue weighted by molar-refractivity contribution is 7.92. The first-order valence-corrected chi connectivity index (χ1v) is 11.4. The summed E-state index contributed by atoms with van der Waals surface area (Å²) >= 11 is 0. The quantitative estimate of drug-likeness (QED) is 0.551. The van der Waals surface area contributed by atoms with Gasteiger partial charge in [-0.1, -0.05) is 42.5 Å². The first-order valence-electron chi connectivity index (χ1n) is 9.57. The van der Waals surface area contributed by atoms with E-state index in [2.05, 4.69) is 5.32 Å². The number of hydrogen-bond donors (Lipinski definition) is 1. The number of amides is 1. The molecule has 0 spiro atoms. The molecule has 0 fully saturated rings. The van der Waals surface area contributed by atoms with E-state index in [1.54, 1.807) is 36.4 Å². The lowest BCUT2D eigenvalue weighted by Gasteiger charge is -2.22. The summed E-state index contributed by atoms with van der Waals surface area (Å²) in [5.74, 6) is -0.254. The van der Waals surface area contributed by atoms with E-state index in [4.69, 9.17) is 4.74 Å². The van der Waals surface area contributed by atoms with Crippen molar-refractivity contribution in [1.29, 1.82) is 0 Å². The third-order valence-corrected chi connectivity index (χ3v) is 5.60. The van der Waals surface area contributed by atoms with Crippen molar-refractivity contribution in [3.63, 3.8) is 0 Å². The number of hydrogen-bond acceptors (Lipinski definition) is 4. The normalized spacial score (nSPS) is 11.0. The molecular weight excluding hydrogens is 419 g/mol. The molecule has 0 aliphatic carbocycles. The Morgan fingerprint density at radius 1 is 0.935 bits per heavy atom. The van der Waals surface area contributed by atoms with E-state index in [0.717, 1.165) is 16.1 Å². The van der Waals surface area contributed by atoms with Gasteiger partial charge in [-0.3, -0.25) is 9.10 Å². The molecule has 0 aliphatic heterocycles. The molecule has 3 rings (SSSR count). The minimum atomic E-state index is -3.69. The highest BCUT2D eigenvalue weighted by atomic mass is 32.2. The van der Waals surface area contributed by atoms with Crippen LogP contribution in [0.3, 0.4) is 0 Å². The van der Waals surface area contributed by atoms with Crippen LogP contribution in [-0.4, -0.2) is 27.1 Å². The minimum absolute atomic E-state index is 0.170. The van der Waals surface area contributed by atoms with Gasteiger partial charge in [0.1, 0.15) is 24.7 Å². The summed E-state index contributed by atoms with van der Waals surface area (Å²) in [4.78, 5) is 12.3. The van der Waals surface area contributed by atoms with Crippen LogP contribution in [0.2, 0.25) is 0 Å². The lowest BCUT2D eigenvalue weighted by molar-refractivity contribution is -0.119. The number of anilines is 1. The lowest BCUT2D eigenvalue weighted by Crippen LogP contribution is -2.40. The van der Waals surface area contributed by atoms with Crippen molar-refractivity contribution in [2.75, 3.05) is 17.1 Å². The minimum Gasteiger partial charge on any atom is -0.489 e. The third-order valence-electron chi connectivity index (χ3n) is 4.46. The van der Waals surface area contributed by atoms with Crippen molar-refractivity contribution >= 4 is 21.6 Å². The zero-order valence-corrected chi connectivity index (χ0v) is 17.8. The summed E-state index contributed by atoms with van der Waals surface area (Å²) in [6, 6.07) is 21.9. The zero-order valence-electron chi connectivity index (χ0n) is 17.0. The molecule has 0 saturated carbocycles. The molecule has 1 N–H and O–H groups in total. The summed E-state index contributed by atoms with van der Waals surface area (Å²) < 4.78 is 44.2. The van der Waals surface area contributed by atoms with Crippen LogP contribution in [0.4, 0.5) is 10.1 Å². The molecule has 3 aromatic carbocycles. The first-order chi connectivity index (χ1) is 14.8. The molecule has 31 heavy (non-hydrogen) atoms. The standard InChI is InChI=1S/C23H23FN2O4S/c1-31(28,29)26(16-23(27)25-15-18-7-9-20(24)10-8-18)21-11-13-22(14-12-21)30-17-19-5-3-2-4-6-19/h2-14H,15-17H2,1H3,(H,25,27). The smallest absolute Gasteiger partial charge is 0.241 e. The molecule has 0 aliphatic rings. The van der Waals surface area contributed by atoms with Crippen molar-refractivity contribution < 1.29 is 22.3 Å². The molecule has 0 atom stereocenters. The fourth-order valence-electron chi connectivity index (χ4n) is 2.84. The van der Waals surface area contributed by atoms with Crippen molar-refractivity contribution in [1.82, 2.24) is 5.32 Å². The molecule has 162 valence electrons. The second kappa shape index (κ2) is 10.1. The maximum absolute atomic E-state index is 13.0. The molecule has 1 amide bonds. The van der Waals surface area contributed by atoms with E-state index in [0.29, 0.717) is 23.6 Å². The first kappa shape index (κ1) is 22.3. The average Bonchev–Trinajstić information content (AvgIpc) is 2.76. The Kier molecular flexibility index (Phi) is 7.25. The van der Waals surface area contributed by atoms with E-state index in [-0.39, 0.29) is 18.9 Å². The molecule has 8 heteroatoms. The summed E-state index contributed by atoms with van der Waals surface area (Å²) in [6.45, 7) is 0.189. The molecule has 0 unspecified atom stereocenters. The maximum atomic E-state index is 13.0. The van der Waals surface area contributed by atoms with E-state index in [1.165, 1.54) is 12.1 Å². The van der Waals surface area contributed by atoms with Gasteiger partial charge in [-0.15, -0.1) is 0 Å². The van der Waals surface area contributed by atoms with Crippen LogP contribution in [0.5, 0.6) is 5.75 Å². The van der Waals surface area contributed by atoms with Crippen LogP contribution >= 0.6 is 0 Å². The number of benzene rings is 3. The van der Waals surface area contributed by atoms with Crippen LogP contribution in [0.15, 0.2) is 78.9 Å². The number of carbonyl (C=O) groups excluding carboxylic acids is 1. The van der Waals surface area contributed by atoms with Crippen molar-refractivity contribution in [2.45, 2.75) is 13.2 Å². The second-order valence-electron chi connectivity index (χ2n) is 6.94. The molecule has 6 nitrogen and oxygen atoms in total. The fourth-order valence-corrected chi connectivity index (χ4v) is 3.70. The van der Waals surface area contributed by atoms with Gasteiger partial charge in [0, 0.05) is 6.54 Å². The molecule has 0 radical (unpaired) electrons. The number of nitrogens with zero attached hydrogens (tertiary/aromatic N) is 1. The topological polar surface area (TPSA) is 75.7 Å². The highest BCUT2D eigenvalue weighted by Crippen LogP contribution is 2.22. The Morgan fingerprint density at radius 2 is 1.58 bits per heavy atom. The molecule has 0 aromatic heterocycles. The van der Waals surface area contributed by atoms with E-state index < -0.39 is 15.9 Å². The number of nitrogens with one attached hydrogen (secondary N) is 1. The molecule has 0 bridgehead atoms. The van der Waals surface area contributed by atoms with Crippen LogP contribution in [0.1, 0.15) is 11.1 Å². The Hall–Kier alpha value is -3.39. The van der Waals surface area contributed by atoms with Crippen LogP contribution in [0.25, 0.3) is 0 Å². The molecule has 3 aromatic rings. The van der Waals surface area contributed by atoms with Gasteiger partial charge in [-0.25, -0.2) is 12.8 Å². The van der Waals surface area contributed by atoms with Gasteiger partial charge in [0.05, 0.1) is 11.9 Å². The summed E-state index contributed by atoms with van der Waals surface area (Å²) in [5, 5.41) is 2.65. The predicted octanol–water partition coefficient (Wildman–Crippen LogP) is 3.49. The van der Waals surface area contributed by atoms with Gasteiger partial charge in [-0.2, -0.15) is 0 Å². The van der Waals surface area contributed by atoms with Crippen molar-refractivity contribution in [3.8, 4) is 5.75 Å². The van der Waals surface area contributed by atoms with Gasteiger partial charge in [0.15, 0.2) is 0 Å². The maximum Gasteiger partial charge on any atom is 0.241 e. The largest absolute Gasteiger partial charge is 0.489 e. The highest BCUT2D eigenvalue weighted by Gasteiger charge is 2.20. The van der Waals surface area contributed by atoms with Crippen LogP contribution < -0.4 is 14.4 Å². The number of carbonyl (C=O) groups is 1. The molecular formula is C23H23FN2O4S. The van der Waals surface area contributed by atoms with Gasteiger partial charge >= 0.3 is 0 Å². The number of sulfonamides is 1. The van der Waals surface area contributed by atoms with E-state index >= 15 is 0 Å². The average molecular weight is 443 g/mol. The SMILES string of the molecule is CS(=O)(=O)N(CC(=O)NCc1ccc(F)cc1)c1ccc(OCc2ccccc2)cc1. The number of halogens is 1. The second-order valence-corrected chi connectivity index (χ2v) is 8.85.